The Bertz CT molecular complexity index is 1100. The minimum Gasteiger partial charge on any atom is -0.508 e. The molecule has 0 saturated heterocycles. The summed E-state index contributed by atoms with van der Waals surface area (Å²) in [5, 5.41) is 12.3. The lowest BCUT2D eigenvalue weighted by Gasteiger charge is -2.26. The zero-order valence-corrected chi connectivity index (χ0v) is 16.7. The molecule has 1 aliphatic heterocycles. The lowest BCUT2D eigenvalue weighted by molar-refractivity contribution is 0.274. The van der Waals surface area contributed by atoms with Gasteiger partial charge in [0, 0.05) is 57.8 Å². The van der Waals surface area contributed by atoms with Gasteiger partial charge in [-0.1, -0.05) is 18.2 Å². The number of aromatic amines is 1. The number of thioether (sulfide) groups is 1. The van der Waals surface area contributed by atoms with E-state index >= 15 is 0 Å². The predicted octanol–water partition coefficient (Wildman–Crippen LogP) is 5.38. The molecular formula is C22H22N2OS2. The van der Waals surface area contributed by atoms with Gasteiger partial charge in [-0.3, -0.25) is 4.90 Å². The summed E-state index contributed by atoms with van der Waals surface area (Å²) in [5.74, 6) is 2.44. The summed E-state index contributed by atoms with van der Waals surface area (Å²) >= 11 is 3.94. The van der Waals surface area contributed by atoms with Gasteiger partial charge in [-0.2, -0.15) is 11.8 Å². The van der Waals surface area contributed by atoms with E-state index in [1.54, 1.807) is 16.5 Å². The predicted molar refractivity (Wildman–Crippen MR) is 117 cm³/mol. The number of phenols is 1. The Hall–Kier alpha value is -1.95. The molecule has 0 spiro atoms. The normalized spacial score (nSPS) is 14.8. The standard InChI is InChI=1S/C22H22N2OS2/c25-16-5-6-20-19(11-16)15(12-23-20)14-26-10-9-24-8-7-18-17-3-1-2-4-21(17)27-22(18)13-24/h1-6,11-12,23,25H,7-10,13-14H2. The topological polar surface area (TPSA) is 39.3 Å². The maximum absolute atomic E-state index is 9.72. The smallest absolute Gasteiger partial charge is 0.116 e. The number of thiophene rings is 1. The number of hydrogen-bond acceptors (Lipinski definition) is 4. The summed E-state index contributed by atoms with van der Waals surface area (Å²) in [7, 11) is 0. The molecule has 5 heteroatoms. The van der Waals surface area contributed by atoms with Crippen molar-refractivity contribution in [2.45, 2.75) is 18.7 Å². The Labute approximate surface area is 167 Å². The molecule has 2 aromatic carbocycles. The van der Waals surface area contributed by atoms with Crippen molar-refractivity contribution in [3.8, 4) is 5.75 Å². The molecule has 3 nitrogen and oxygen atoms in total. The van der Waals surface area contributed by atoms with E-state index in [1.165, 1.54) is 22.1 Å². The van der Waals surface area contributed by atoms with Crippen LogP contribution < -0.4 is 0 Å². The fraction of sp³-hybridized carbons (Fsp3) is 0.273. The largest absolute Gasteiger partial charge is 0.508 e. The summed E-state index contributed by atoms with van der Waals surface area (Å²) in [6.07, 6.45) is 3.24. The van der Waals surface area contributed by atoms with Gasteiger partial charge in [-0.15, -0.1) is 11.3 Å². The number of nitrogens with one attached hydrogen (secondary N) is 1. The summed E-state index contributed by atoms with van der Waals surface area (Å²) < 4.78 is 1.43. The molecule has 0 unspecified atom stereocenters. The minimum atomic E-state index is 0.334. The first-order valence-corrected chi connectivity index (χ1v) is 11.3. The number of H-pyrrole nitrogens is 1. The van der Waals surface area contributed by atoms with Gasteiger partial charge in [0.1, 0.15) is 5.75 Å². The Morgan fingerprint density at radius 2 is 2.07 bits per heavy atom. The lowest BCUT2D eigenvalue weighted by Crippen LogP contribution is -2.31. The molecule has 4 aromatic rings. The van der Waals surface area contributed by atoms with Crippen molar-refractivity contribution in [3.05, 3.63) is 64.7 Å². The summed E-state index contributed by atoms with van der Waals surface area (Å²) in [4.78, 5) is 7.44. The first-order chi connectivity index (χ1) is 13.3. The van der Waals surface area contributed by atoms with Gasteiger partial charge in [0.25, 0.3) is 0 Å². The number of rotatable bonds is 5. The molecular weight excluding hydrogens is 372 g/mol. The van der Waals surface area contributed by atoms with E-state index in [4.69, 9.17) is 0 Å². The maximum Gasteiger partial charge on any atom is 0.116 e. The quantitative estimate of drug-likeness (QED) is 0.446. The van der Waals surface area contributed by atoms with Crippen LogP contribution in [-0.4, -0.2) is 33.8 Å². The number of fused-ring (bicyclic) bond motifs is 4. The van der Waals surface area contributed by atoms with Crippen molar-refractivity contribution < 1.29 is 5.11 Å². The second kappa shape index (κ2) is 7.23. The Morgan fingerprint density at radius 3 is 3.04 bits per heavy atom. The van der Waals surface area contributed by atoms with Gasteiger partial charge >= 0.3 is 0 Å². The molecule has 0 aliphatic carbocycles. The van der Waals surface area contributed by atoms with Crippen LogP contribution >= 0.6 is 23.1 Å². The second-order valence-electron chi connectivity index (χ2n) is 7.12. The third-order valence-electron chi connectivity index (χ3n) is 5.39. The Kier molecular flexibility index (Phi) is 4.60. The van der Waals surface area contributed by atoms with Gasteiger partial charge in [-0.25, -0.2) is 0 Å². The molecule has 5 rings (SSSR count). The van der Waals surface area contributed by atoms with E-state index in [9.17, 15) is 5.11 Å². The van der Waals surface area contributed by atoms with Crippen LogP contribution in [-0.2, 0) is 18.7 Å². The molecule has 138 valence electrons. The van der Waals surface area contributed by atoms with Crippen LogP contribution in [0.2, 0.25) is 0 Å². The summed E-state index contributed by atoms with van der Waals surface area (Å²) in [6.45, 7) is 3.39. The molecule has 0 saturated carbocycles. The minimum absolute atomic E-state index is 0.334. The SMILES string of the molecule is Oc1ccc2[nH]cc(CSCCN3CCc4c(sc5ccccc45)C3)c2c1. The molecule has 3 heterocycles. The third-order valence-corrected chi connectivity index (χ3v) is 7.57. The van der Waals surface area contributed by atoms with E-state index in [-0.39, 0.29) is 0 Å². The molecule has 2 N–H and O–H groups in total. The highest BCUT2D eigenvalue weighted by Crippen LogP contribution is 2.35. The molecule has 0 atom stereocenters. The fourth-order valence-corrected chi connectivity index (χ4v) is 6.24. The van der Waals surface area contributed by atoms with Crippen LogP contribution in [0.3, 0.4) is 0 Å². The first kappa shape index (κ1) is 17.2. The van der Waals surface area contributed by atoms with Crippen molar-refractivity contribution in [1.29, 1.82) is 0 Å². The number of aromatic nitrogens is 1. The van der Waals surface area contributed by atoms with Crippen molar-refractivity contribution in [2.75, 3.05) is 18.8 Å². The monoisotopic (exact) mass is 394 g/mol. The Balaban J connectivity index is 1.18. The molecule has 0 radical (unpaired) electrons. The van der Waals surface area contributed by atoms with E-state index in [0.717, 1.165) is 42.0 Å². The molecule has 0 amide bonds. The van der Waals surface area contributed by atoms with Crippen LogP contribution in [0.25, 0.3) is 21.0 Å². The first-order valence-electron chi connectivity index (χ1n) is 9.36. The summed E-state index contributed by atoms with van der Waals surface area (Å²) in [6, 6.07) is 14.3. The highest BCUT2D eigenvalue weighted by Gasteiger charge is 2.20. The van der Waals surface area contributed by atoms with Gasteiger partial charge in [0.2, 0.25) is 0 Å². The number of nitrogens with zero attached hydrogens (tertiary/aromatic N) is 1. The summed E-state index contributed by atoms with van der Waals surface area (Å²) in [5.41, 5.74) is 3.95. The van der Waals surface area contributed by atoms with Crippen molar-refractivity contribution in [3.63, 3.8) is 0 Å². The Morgan fingerprint density at radius 1 is 1.15 bits per heavy atom. The molecule has 0 bridgehead atoms. The van der Waals surface area contributed by atoms with Crippen LogP contribution in [0.4, 0.5) is 0 Å². The second-order valence-corrected chi connectivity index (χ2v) is 9.36. The zero-order valence-electron chi connectivity index (χ0n) is 15.1. The zero-order chi connectivity index (χ0) is 18.2. The maximum atomic E-state index is 9.72. The average Bonchev–Trinajstić information content (AvgIpc) is 3.25. The van der Waals surface area contributed by atoms with Crippen molar-refractivity contribution >= 4 is 44.1 Å². The van der Waals surface area contributed by atoms with Crippen LogP contribution in [0.5, 0.6) is 5.75 Å². The van der Waals surface area contributed by atoms with Crippen molar-refractivity contribution in [1.82, 2.24) is 9.88 Å². The molecule has 27 heavy (non-hydrogen) atoms. The number of aromatic hydroxyl groups is 1. The third kappa shape index (κ3) is 3.35. The van der Waals surface area contributed by atoms with E-state index in [2.05, 4.69) is 40.3 Å². The van der Waals surface area contributed by atoms with Gasteiger partial charge in [0.05, 0.1) is 0 Å². The molecule has 1 aliphatic rings. The van der Waals surface area contributed by atoms with Crippen LogP contribution in [0.1, 0.15) is 16.0 Å². The van der Waals surface area contributed by atoms with E-state index < -0.39 is 0 Å². The van der Waals surface area contributed by atoms with Crippen molar-refractivity contribution in [2.24, 2.45) is 0 Å². The van der Waals surface area contributed by atoms with Crippen LogP contribution in [0.15, 0.2) is 48.7 Å². The van der Waals surface area contributed by atoms with Gasteiger partial charge in [0.15, 0.2) is 0 Å². The van der Waals surface area contributed by atoms with E-state index in [1.807, 2.05) is 35.2 Å². The highest BCUT2D eigenvalue weighted by molar-refractivity contribution is 7.98. The molecule has 0 fully saturated rings. The average molecular weight is 395 g/mol. The number of hydrogen-bond donors (Lipinski definition) is 2. The van der Waals surface area contributed by atoms with Crippen LogP contribution in [0, 0.1) is 0 Å². The number of benzene rings is 2. The lowest BCUT2D eigenvalue weighted by atomic mass is 10.0. The highest BCUT2D eigenvalue weighted by atomic mass is 32.2. The molecule has 2 aromatic heterocycles. The number of phenolic OH excluding ortho intramolecular Hbond substituents is 1. The van der Waals surface area contributed by atoms with E-state index in [0.29, 0.717) is 5.75 Å². The van der Waals surface area contributed by atoms with Gasteiger partial charge < -0.3 is 10.1 Å². The van der Waals surface area contributed by atoms with Gasteiger partial charge in [-0.05, 0) is 47.2 Å². The fourth-order valence-electron chi connectivity index (χ4n) is 3.96.